The third-order valence-electron chi connectivity index (χ3n) is 4.65. The van der Waals surface area contributed by atoms with Gasteiger partial charge in [-0.25, -0.2) is 5.43 Å². The molecule has 0 aromatic heterocycles. The van der Waals surface area contributed by atoms with Crippen molar-refractivity contribution in [2.75, 3.05) is 6.54 Å². The number of hydrogen-bond donors (Lipinski definition) is 1. The van der Waals surface area contributed by atoms with Gasteiger partial charge in [0.05, 0.1) is 6.04 Å². The van der Waals surface area contributed by atoms with Crippen LogP contribution in [0.2, 0.25) is 0 Å². The van der Waals surface area contributed by atoms with Crippen molar-refractivity contribution >= 4 is 5.91 Å². The maximum absolute atomic E-state index is 12.0. The Morgan fingerprint density at radius 1 is 1.05 bits per heavy atom. The van der Waals surface area contributed by atoms with E-state index in [0.717, 1.165) is 19.4 Å². The van der Waals surface area contributed by atoms with Crippen molar-refractivity contribution in [3.05, 3.63) is 35.9 Å². The number of benzene rings is 1. The molecule has 1 amide bonds. The molecule has 0 bridgehead atoms. The largest absolute Gasteiger partial charge is 0.277 e. The molecule has 3 rings (SSSR count). The highest BCUT2D eigenvalue weighted by molar-refractivity contribution is 5.76. The predicted octanol–water partition coefficient (Wildman–Crippen LogP) is 3.44. The van der Waals surface area contributed by atoms with Gasteiger partial charge in [-0.05, 0) is 37.2 Å². The molecule has 1 aliphatic carbocycles. The standard InChI is InChI=1S/C17H24N2O/c20-16-12-6-7-13-19(16)18-17(15-10-4-5-11-15)14-8-2-1-3-9-14/h1-3,8-9,15,17-18H,4-7,10-13H2. The fourth-order valence-electron chi connectivity index (χ4n) is 3.51. The number of hydrogen-bond acceptors (Lipinski definition) is 2. The molecule has 1 aliphatic heterocycles. The lowest BCUT2D eigenvalue weighted by atomic mass is 9.92. The monoisotopic (exact) mass is 272 g/mol. The number of nitrogens with one attached hydrogen (secondary N) is 1. The van der Waals surface area contributed by atoms with Crippen LogP contribution in [0.15, 0.2) is 30.3 Å². The second-order valence-electron chi connectivity index (χ2n) is 6.06. The summed E-state index contributed by atoms with van der Waals surface area (Å²) in [6.07, 6.45) is 8.04. The second-order valence-corrected chi connectivity index (χ2v) is 6.06. The summed E-state index contributed by atoms with van der Waals surface area (Å²) in [7, 11) is 0. The number of amides is 1. The lowest BCUT2D eigenvalue weighted by molar-refractivity contribution is -0.138. The zero-order valence-corrected chi connectivity index (χ0v) is 12.1. The van der Waals surface area contributed by atoms with Gasteiger partial charge >= 0.3 is 0 Å². The van der Waals surface area contributed by atoms with E-state index in [0.29, 0.717) is 18.4 Å². The van der Waals surface area contributed by atoms with E-state index >= 15 is 0 Å². The van der Waals surface area contributed by atoms with Gasteiger partial charge in [-0.1, -0.05) is 43.2 Å². The zero-order valence-electron chi connectivity index (χ0n) is 12.1. The number of nitrogens with zero attached hydrogens (tertiary/aromatic N) is 1. The van der Waals surface area contributed by atoms with Crippen LogP contribution in [0.1, 0.15) is 56.6 Å². The molecule has 1 atom stereocenters. The van der Waals surface area contributed by atoms with Crippen molar-refractivity contribution in [2.24, 2.45) is 5.92 Å². The normalized spacial score (nSPS) is 22.2. The molecule has 2 aliphatic rings. The molecule has 108 valence electrons. The highest BCUT2D eigenvalue weighted by Gasteiger charge is 2.29. The predicted molar refractivity (Wildman–Crippen MR) is 79.8 cm³/mol. The van der Waals surface area contributed by atoms with Crippen molar-refractivity contribution in [1.29, 1.82) is 0 Å². The summed E-state index contributed by atoms with van der Waals surface area (Å²) in [5.74, 6) is 0.919. The minimum Gasteiger partial charge on any atom is -0.277 e. The van der Waals surface area contributed by atoms with Crippen molar-refractivity contribution in [1.82, 2.24) is 10.4 Å². The van der Waals surface area contributed by atoms with Crippen LogP contribution < -0.4 is 5.43 Å². The Morgan fingerprint density at radius 2 is 1.80 bits per heavy atom. The second kappa shape index (κ2) is 6.40. The first-order chi connectivity index (χ1) is 9.84. The van der Waals surface area contributed by atoms with Crippen molar-refractivity contribution in [2.45, 2.75) is 51.0 Å². The summed E-state index contributed by atoms with van der Waals surface area (Å²) in [6, 6.07) is 10.9. The van der Waals surface area contributed by atoms with Crippen LogP contribution in [-0.4, -0.2) is 17.5 Å². The Kier molecular flexibility index (Phi) is 4.36. The van der Waals surface area contributed by atoms with Gasteiger partial charge in [-0.2, -0.15) is 0 Å². The number of rotatable bonds is 4. The third kappa shape index (κ3) is 3.04. The maximum atomic E-state index is 12.0. The van der Waals surface area contributed by atoms with Gasteiger partial charge in [0.15, 0.2) is 0 Å². The molecule has 1 heterocycles. The molecule has 2 fully saturated rings. The van der Waals surface area contributed by atoms with Crippen LogP contribution in [0.25, 0.3) is 0 Å². The molecule has 3 heteroatoms. The molecule has 0 spiro atoms. The van der Waals surface area contributed by atoms with E-state index in [1.54, 1.807) is 0 Å². The van der Waals surface area contributed by atoms with E-state index in [2.05, 4.69) is 35.8 Å². The van der Waals surface area contributed by atoms with Gasteiger partial charge in [0, 0.05) is 13.0 Å². The highest BCUT2D eigenvalue weighted by Crippen LogP contribution is 2.36. The zero-order chi connectivity index (χ0) is 13.8. The number of hydrazine groups is 1. The van der Waals surface area contributed by atoms with E-state index in [1.165, 1.54) is 31.2 Å². The summed E-state index contributed by atoms with van der Waals surface area (Å²) in [6.45, 7) is 0.856. The third-order valence-corrected chi connectivity index (χ3v) is 4.65. The summed E-state index contributed by atoms with van der Waals surface area (Å²) in [5.41, 5.74) is 4.87. The van der Waals surface area contributed by atoms with E-state index in [-0.39, 0.29) is 5.91 Å². The summed E-state index contributed by atoms with van der Waals surface area (Å²) >= 11 is 0. The SMILES string of the molecule is O=C1CCCCN1NC(c1ccccc1)C1CCCC1. The maximum Gasteiger partial charge on any atom is 0.236 e. The van der Waals surface area contributed by atoms with E-state index in [1.807, 2.05) is 5.01 Å². The van der Waals surface area contributed by atoms with E-state index in [9.17, 15) is 4.79 Å². The smallest absolute Gasteiger partial charge is 0.236 e. The van der Waals surface area contributed by atoms with Crippen molar-refractivity contribution < 1.29 is 4.79 Å². The lowest BCUT2D eigenvalue weighted by Crippen LogP contribution is -2.48. The Bertz CT molecular complexity index is 440. The lowest BCUT2D eigenvalue weighted by Gasteiger charge is -2.34. The molecule has 1 N–H and O–H groups in total. The first kappa shape index (κ1) is 13.6. The molecular formula is C17H24N2O. The quantitative estimate of drug-likeness (QED) is 0.910. The van der Waals surface area contributed by atoms with Crippen LogP contribution in [-0.2, 0) is 4.79 Å². The van der Waals surface area contributed by atoms with Gasteiger partial charge in [0.1, 0.15) is 0 Å². The topological polar surface area (TPSA) is 32.3 Å². The first-order valence-electron chi connectivity index (χ1n) is 7.96. The van der Waals surface area contributed by atoms with E-state index in [4.69, 9.17) is 0 Å². The van der Waals surface area contributed by atoms with Crippen LogP contribution in [0, 0.1) is 5.92 Å². The Morgan fingerprint density at radius 3 is 2.50 bits per heavy atom. The van der Waals surface area contributed by atoms with Crippen molar-refractivity contribution in [3.8, 4) is 0 Å². The summed E-state index contributed by atoms with van der Waals surface area (Å²) < 4.78 is 0. The minimum absolute atomic E-state index is 0.259. The van der Waals surface area contributed by atoms with Crippen molar-refractivity contribution in [3.63, 3.8) is 0 Å². The van der Waals surface area contributed by atoms with Gasteiger partial charge in [0.25, 0.3) is 0 Å². The van der Waals surface area contributed by atoms with Gasteiger partial charge < -0.3 is 0 Å². The first-order valence-corrected chi connectivity index (χ1v) is 7.96. The molecule has 1 aromatic carbocycles. The average Bonchev–Trinajstić information content (AvgIpc) is 3.01. The molecule has 1 saturated heterocycles. The number of carbonyl (C=O) groups is 1. The number of piperidine rings is 1. The molecule has 3 nitrogen and oxygen atoms in total. The van der Waals surface area contributed by atoms with Crippen LogP contribution in [0.5, 0.6) is 0 Å². The molecule has 0 radical (unpaired) electrons. The fourth-order valence-corrected chi connectivity index (χ4v) is 3.51. The number of carbonyl (C=O) groups excluding carboxylic acids is 1. The molecule has 1 unspecified atom stereocenters. The van der Waals surface area contributed by atoms with Gasteiger partial charge in [-0.15, -0.1) is 0 Å². The van der Waals surface area contributed by atoms with Crippen LogP contribution >= 0.6 is 0 Å². The molecule has 1 saturated carbocycles. The highest BCUT2D eigenvalue weighted by atomic mass is 16.2. The van der Waals surface area contributed by atoms with Crippen LogP contribution in [0.4, 0.5) is 0 Å². The minimum atomic E-state index is 0.259. The summed E-state index contributed by atoms with van der Waals surface area (Å²) in [4.78, 5) is 12.0. The molecule has 1 aromatic rings. The summed E-state index contributed by atoms with van der Waals surface area (Å²) in [5, 5.41) is 1.87. The Labute approximate surface area is 121 Å². The van der Waals surface area contributed by atoms with Gasteiger partial charge in [-0.3, -0.25) is 9.80 Å². The average molecular weight is 272 g/mol. The molecule has 20 heavy (non-hydrogen) atoms. The molecular weight excluding hydrogens is 248 g/mol. The fraction of sp³-hybridized carbons (Fsp3) is 0.588. The Balaban J connectivity index is 1.76. The Hall–Kier alpha value is -1.35. The van der Waals surface area contributed by atoms with Gasteiger partial charge in [0.2, 0.25) is 5.91 Å². The van der Waals surface area contributed by atoms with E-state index < -0.39 is 0 Å². The van der Waals surface area contributed by atoms with Crippen LogP contribution in [0.3, 0.4) is 0 Å².